The average Bonchev–Trinajstić information content (AvgIpc) is 3.11. The molecule has 0 heterocycles. The van der Waals surface area contributed by atoms with Crippen LogP contribution in [-0.4, -0.2) is 162 Å². The van der Waals surface area contributed by atoms with Crippen LogP contribution in [0.4, 0.5) is 0 Å². The Kier molecular flexibility index (Phi) is 31.5. The van der Waals surface area contributed by atoms with E-state index in [9.17, 15) is 9.59 Å². The molecule has 1 aliphatic rings. The van der Waals surface area contributed by atoms with Gasteiger partial charge in [0.15, 0.2) is 0 Å². The van der Waals surface area contributed by atoms with E-state index in [0.717, 1.165) is 25.7 Å². The lowest BCUT2D eigenvalue weighted by atomic mass is 9.89. The second-order valence-corrected chi connectivity index (χ2v) is 10.6. The maximum atomic E-state index is 12.2. The van der Waals surface area contributed by atoms with Gasteiger partial charge in [-0.3, -0.25) is 14.6 Å². The van der Waals surface area contributed by atoms with Crippen molar-refractivity contribution >= 4 is 23.7 Å². The fourth-order valence-electron chi connectivity index (χ4n) is 4.25. The van der Waals surface area contributed by atoms with Gasteiger partial charge in [0, 0.05) is 25.3 Å². The first-order valence-electron chi connectivity index (χ1n) is 17.2. The predicted octanol–water partition coefficient (Wildman–Crippen LogP) is 0.354. The maximum Gasteiger partial charge on any atom is 0.246 e. The Morgan fingerprint density at radius 2 is 1.10 bits per heavy atom. The van der Waals surface area contributed by atoms with Crippen LogP contribution in [0.5, 0.6) is 0 Å². The van der Waals surface area contributed by atoms with E-state index in [1.54, 1.807) is 6.21 Å². The van der Waals surface area contributed by atoms with Gasteiger partial charge < -0.3 is 59.1 Å². The summed E-state index contributed by atoms with van der Waals surface area (Å²) in [7, 11) is 0. The Bertz CT molecular complexity index is 817. The maximum absolute atomic E-state index is 12.2. The number of amides is 2. The first-order valence-corrected chi connectivity index (χ1v) is 17.2. The smallest absolute Gasteiger partial charge is 0.246 e. The quantitative estimate of drug-likeness (QED) is 0.0364. The highest BCUT2D eigenvalue weighted by Gasteiger charge is 2.20. The molecule has 16 nitrogen and oxygen atoms in total. The van der Waals surface area contributed by atoms with E-state index in [2.05, 4.69) is 20.7 Å². The van der Waals surface area contributed by atoms with Crippen molar-refractivity contribution in [3.63, 3.8) is 0 Å². The van der Waals surface area contributed by atoms with Gasteiger partial charge in [-0.1, -0.05) is 19.3 Å². The van der Waals surface area contributed by atoms with Crippen molar-refractivity contribution in [1.29, 1.82) is 0 Å². The molecule has 0 aromatic heterocycles. The third-order valence-electron chi connectivity index (χ3n) is 6.80. The standard InChI is InChI=1S/C32H61N5O11/c1-2-40-28-31(38)35-9-11-42-13-15-44-17-19-46-21-23-48-25-24-47-22-20-45-18-16-43-14-12-41-10-8-34-26-30(37-33)27-36-32(39)29-6-4-3-5-7-29/h26,29H,2-25,27-28,33H2,1H3,(H,35,38)(H,36,39). The van der Waals surface area contributed by atoms with Crippen LogP contribution in [0.15, 0.2) is 10.1 Å². The van der Waals surface area contributed by atoms with Gasteiger partial charge in [-0.2, -0.15) is 5.10 Å². The lowest BCUT2D eigenvalue weighted by Gasteiger charge is -2.20. The number of rotatable bonds is 34. The Morgan fingerprint density at radius 3 is 1.56 bits per heavy atom. The topological polar surface area (TPSA) is 192 Å². The highest BCUT2D eigenvalue weighted by Crippen LogP contribution is 2.23. The monoisotopic (exact) mass is 691 g/mol. The summed E-state index contributed by atoms with van der Waals surface area (Å²) < 4.78 is 48.7. The number of nitrogens with zero attached hydrogens (tertiary/aromatic N) is 2. The van der Waals surface area contributed by atoms with Gasteiger partial charge in [0.2, 0.25) is 11.8 Å². The highest BCUT2D eigenvalue weighted by atomic mass is 16.6. The van der Waals surface area contributed by atoms with Crippen LogP contribution in [-0.2, 0) is 52.2 Å². The molecule has 48 heavy (non-hydrogen) atoms. The van der Waals surface area contributed by atoms with Gasteiger partial charge in [-0.15, -0.1) is 0 Å². The Balaban J connectivity index is 1.72. The lowest BCUT2D eigenvalue weighted by Crippen LogP contribution is -2.36. The van der Waals surface area contributed by atoms with Crippen molar-refractivity contribution in [2.75, 3.05) is 139 Å². The van der Waals surface area contributed by atoms with E-state index in [4.69, 9.17) is 48.5 Å². The molecule has 0 saturated heterocycles. The van der Waals surface area contributed by atoms with E-state index < -0.39 is 0 Å². The molecule has 1 aliphatic carbocycles. The summed E-state index contributed by atoms with van der Waals surface area (Å²) in [6.45, 7) is 11.1. The average molecular weight is 692 g/mol. The van der Waals surface area contributed by atoms with Crippen LogP contribution < -0.4 is 16.5 Å². The minimum absolute atomic E-state index is 0.0702. The third-order valence-corrected chi connectivity index (χ3v) is 6.80. The number of hydrogen-bond donors (Lipinski definition) is 3. The summed E-state index contributed by atoms with van der Waals surface area (Å²) in [4.78, 5) is 27.8. The fourth-order valence-corrected chi connectivity index (χ4v) is 4.25. The zero-order chi connectivity index (χ0) is 34.6. The van der Waals surface area contributed by atoms with Gasteiger partial charge in [-0.05, 0) is 19.8 Å². The predicted molar refractivity (Wildman–Crippen MR) is 181 cm³/mol. The number of ether oxygens (including phenoxy) is 9. The molecular weight excluding hydrogens is 630 g/mol. The number of carbonyl (C=O) groups excluding carboxylic acids is 2. The number of hydrogen-bond acceptors (Lipinski definition) is 14. The second kappa shape index (κ2) is 34.6. The minimum Gasteiger partial charge on any atom is -0.377 e. The molecule has 4 N–H and O–H groups in total. The van der Waals surface area contributed by atoms with Crippen LogP contribution in [0, 0.1) is 5.92 Å². The fraction of sp³-hybridized carbons (Fsp3) is 0.875. The molecule has 1 saturated carbocycles. The third kappa shape index (κ3) is 28.7. The number of nitrogens with two attached hydrogens (primary N) is 1. The first-order chi connectivity index (χ1) is 23.7. The molecule has 0 atom stereocenters. The second-order valence-electron chi connectivity index (χ2n) is 10.6. The van der Waals surface area contributed by atoms with Crippen molar-refractivity contribution < 1.29 is 52.2 Å². The van der Waals surface area contributed by atoms with Crippen molar-refractivity contribution in [1.82, 2.24) is 10.6 Å². The summed E-state index contributed by atoms with van der Waals surface area (Å²) in [6.07, 6.45) is 6.92. The highest BCUT2D eigenvalue weighted by molar-refractivity contribution is 6.31. The summed E-state index contributed by atoms with van der Waals surface area (Å²) in [6, 6.07) is 0. The largest absolute Gasteiger partial charge is 0.377 e. The molecule has 280 valence electrons. The van der Waals surface area contributed by atoms with Gasteiger partial charge in [0.05, 0.1) is 125 Å². The molecule has 1 rings (SSSR count). The molecule has 16 heteroatoms. The molecule has 0 radical (unpaired) electrons. The molecule has 1 fully saturated rings. The number of aliphatic imine (C=N–C) groups is 1. The zero-order valence-corrected chi connectivity index (χ0v) is 29.0. The van der Waals surface area contributed by atoms with Gasteiger partial charge in [0.25, 0.3) is 0 Å². The summed E-state index contributed by atoms with van der Waals surface area (Å²) in [5, 5.41) is 9.30. The van der Waals surface area contributed by atoms with Gasteiger partial charge in [-0.25, -0.2) is 0 Å². The van der Waals surface area contributed by atoms with Crippen LogP contribution in [0.3, 0.4) is 0 Å². The minimum atomic E-state index is -0.146. The molecule has 0 aromatic carbocycles. The van der Waals surface area contributed by atoms with Gasteiger partial charge >= 0.3 is 0 Å². The summed E-state index contributed by atoms with van der Waals surface area (Å²) in [5.74, 6) is 5.44. The first kappa shape index (κ1) is 43.7. The molecule has 0 aromatic rings. The lowest BCUT2D eigenvalue weighted by molar-refractivity contribution is -0.126. The van der Waals surface area contributed by atoms with E-state index in [1.807, 2.05) is 6.92 Å². The van der Waals surface area contributed by atoms with E-state index >= 15 is 0 Å². The molecule has 0 unspecified atom stereocenters. The Labute approximate surface area is 286 Å². The van der Waals surface area contributed by atoms with Crippen molar-refractivity contribution in [3.05, 3.63) is 0 Å². The zero-order valence-electron chi connectivity index (χ0n) is 29.0. The summed E-state index contributed by atoms with van der Waals surface area (Å²) >= 11 is 0. The number of carbonyl (C=O) groups is 2. The van der Waals surface area contributed by atoms with Crippen molar-refractivity contribution in [2.24, 2.45) is 21.9 Å². The van der Waals surface area contributed by atoms with Crippen molar-refractivity contribution in [2.45, 2.75) is 39.0 Å². The number of nitrogens with one attached hydrogen (secondary N) is 2. The van der Waals surface area contributed by atoms with Crippen LogP contribution in [0.25, 0.3) is 0 Å². The van der Waals surface area contributed by atoms with Gasteiger partial charge in [0.1, 0.15) is 6.61 Å². The molecular formula is C32H61N5O11. The van der Waals surface area contributed by atoms with E-state index in [1.165, 1.54) is 6.42 Å². The molecule has 0 bridgehead atoms. The SMILES string of the molecule is CCOCC(=O)NCCOCCOCCOCCOCCOCCOCCOCCOCCN=CC(CNC(=O)C1CCCCC1)=NN. The Morgan fingerprint density at radius 1 is 0.646 bits per heavy atom. The van der Waals surface area contributed by atoms with E-state index in [-0.39, 0.29) is 30.9 Å². The summed E-state index contributed by atoms with van der Waals surface area (Å²) in [5.41, 5.74) is 0.524. The normalized spacial score (nSPS) is 14.1. The van der Waals surface area contributed by atoms with Crippen LogP contribution >= 0.6 is 0 Å². The number of hydrazone groups is 1. The van der Waals surface area contributed by atoms with E-state index in [0.29, 0.717) is 131 Å². The Hall–Kier alpha value is -2.28. The molecule has 0 spiro atoms. The van der Waals surface area contributed by atoms with Crippen molar-refractivity contribution in [3.8, 4) is 0 Å². The van der Waals surface area contributed by atoms with Crippen LogP contribution in [0.2, 0.25) is 0 Å². The molecule has 2 amide bonds. The molecule has 0 aliphatic heterocycles. The van der Waals surface area contributed by atoms with Crippen LogP contribution in [0.1, 0.15) is 39.0 Å².